The number of aryl methyl sites for hydroxylation is 2. The van der Waals surface area contributed by atoms with E-state index in [1.165, 1.54) is 22.3 Å². The van der Waals surface area contributed by atoms with Crippen LogP contribution in [0.1, 0.15) is 41.5 Å². The summed E-state index contributed by atoms with van der Waals surface area (Å²) in [5.41, 5.74) is 5.39. The zero-order valence-electron chi connectivity index (χ0n) is 15.8. The maximum atomic E-state index is 5.77. The predicted molar refractivity (Wildman–Crippen MR) is 105 cm³/mol. The van der Waals surface area contributed by atoms with Crippen LogP contribution in [0, 0.1) is 20.8 Å². The van der Waals surface area contributed by atoms with Crippen molar-refractivity contribution in [2.24, 2.45) is 0 Å². The second-order valence-electron chi connectivity index (χ2n) is 7.35. The standard InChI is InChI=1S/C23H30NO/c1-5-14-24-15-12-23(13-16-24,20-9-6-18(2)7-10-20)21-17-19(3)8-11-22(21)25-4/h6-11,17H,1,5,12-16H2,2-4H3. The SMILES string of the molecule is [CH2]CCN1CCC(c2ccc(C)cc2)(c2cc(C)ccc2OC)CC1. The van der Waals surface area contributed by atoms with Gasteiger partial charge in [-0.2, -0.15) is 0 Å². The highest BCUT2D eigenvalue weighted by molar-refractivity contribution is 5.49. The fourth-order valence-corrected chi connectivity index (χ4v) is 4.16. The minimum absolute atomic E-state index is 0.0305. The summed E-state index contributed by atoms with van der Waals surface area (Å²) in [5.74, 6) is 1.01. The quantitative estimate of drug-likeness (QED) is 0.768. The zero-order chi connectivity index (χ0) is 17.9. The largest absolute Gasteiger partial charge is 0.496 e. The molecule has 0 spiro atoms. The Balaban J connectivity index is 2.07. The maximum absolute atomic E-state index is 5.77. The molecule has 0 saturated carbocycles. The summed E-state index contributed by atoms with van der Waals surface area (Å²) in [5, 5.41) is 0. The first kappa shape index (κ1) is 18.0. The van der Waals surface area contributed by atoms with Crippen LogP contribution in [0.2, 0.25) is 0 Å². The van der Waals surface area contributed by atoms with E-state index in [4.69, 9.17) is 4.74 Å². The molecule has 3 rings (SSSR count). The number of methoxy groups -OCH3 is 1. The van der Waals surface area contributed by atoms with Crippen LogP contribution in [0.25, 0.3) is 0 Å². The normalized spacial score (nSPS) is 17.4. The van der Waals surface area contributed by atoms with Crippen LogP contribution >= 0.6 is 0 Å². The van der Waals surface area contributed by atoms with Crippen molar-refractivity contribution >= 4 is 0 Å². The fraction of sp³-hybridized carbons (Fsp3) is 0.435. The molecular weight excluding hydrogens is 306 g/mol. The molecular formula is C23H30NO. The Morgan fingerprint density at radius 2 is 1.64 bits per heavy atom. The van der Waals surface area contributed by atoms with E-state index in [-0.39, 0.29) is 5.41 Å². The van der Waals surface area contributed by atoms with Crippen molar-refractivity contribution in [3.63, 3.8) is 0 Å². The molecule has 2 heteroatoms. The summed E-state index contributed by atoms with van der Waals surface area (Å²) < 4.78 is 5.77. The minimum Gasteiger partial charge on any atom is -0.496 e. The molecule has 0 N–H and O–H groups in total. The van der Waals surface area contributed by atoms with Gasteiger partial charge in [0, 0.05) is 11.0 Å². The molecule has 133 valence electrons. The second-order valence-corrected chi connectivity index (χ2v) is 7.35. The number of benzene rings is 2. The summed E-state index contributed by atoms with van der Waals surface area (Å²) in [4.78, 5) is 2.54. The molecule has 1 aliphatic rings. The Bertz CT molecular complexity index is 697. The molecule has 1 heterocycles. The highest BCUT2D eigenvalue weighted by Crippen LogP contribution is 2.45. The van der Waals surface area contributed by atoms with Gasteiger partial charge in [-0.05, 0) is 64.4 Å². The number of likely N-dealkylation sites (tertiary alicyclic amines) is 1. The van der Waals surface area contributed by atoms with Crippen LogP contribution in [0.15, 0.2) is 42.5 Å². The maximum Gasteiger partial charge on any atom is 0.122 e. The fourth-order valence-electron chi connectivity index (χ4n) is 4.16. The molecule has 0 aromatic heterocycles. The Morgan fingerprint density at radius 3 is 2.24 bits per heavy atom. The molecule has 0 atom stereocenters. The summed E-state index contributed by atoms with van der Waals surface area (Å²) in [6.45, 7) is 11.7. The molecule has 2 aromatic carbocycles. The van der Waals surface area contributed by atoms with E-state index < -0.39 is 0 Å². The first-order valence-corrected chi connectivity index (χ1v) is 9.33. The van der Waals surface area contributed by atoms with E-state index in [0.29, 0.717) is 0 Å². The van der Waals surface area contributed by atoms with Crippen molar-refractivity contribution in [3.8, 4) is 5.75 Å². The van der Waals surface area contributed by atoms with Crippen molar-refractivity contribution in [2.45, 2.75) is 38.5 Å². The molecule has 0 aliphatic carbocycles. The van der Waals surface area contributed by atoms with Gasteiger partial charge in [0.05, 0.1) is 7.11 Å². The third kappa shape index (κ3) is 3.59. The van der Waals surface area contributed by atoms with Gasteiger partial charge in [-0.1, -0.05) is 54.4 Å². The van der Waals surface area contributed by atoms with Gasteiger partial charge >= 0.3 is 0 Å². The smallest absolute Gasteiger partial charge is 0.122 e. The van der Waals surface area contributed by atoms with Crippen LogP contribution < -0.4 is 4.74 Å². The summed E-state index contributed by atoms with van der Waals surface area (Å²) in [6.07, 6.45) is 3.22. The highest BCUT2D eigenvalue weighted by atomic mass is 16.5. The molecule has 1 aliphatic heterocycles. The van der Waals surface area contributed by atoms with Crippen molar-refractivity contribution in [2.75, 3.05) is 26.7 Å². The Morgan fingerprint density at radius 1 is 1.00 bits per heavy atom. The molecule has 0 amide bonds. The summed E-state index contributed by atoms with van der Waals surface area (Å²) in [7, 11) is 1.79. The summed E-state index contributed by atoms with van der Waals surface area (Å²) in [6, 6.07) is 15.7. The number of hydrogen-bond acceptors (Lipinski definition) is 2. The number of rotatable bonds is 5. The summed E-state index contributed by atoms with van der Waals surface area (Å²) >= 11 is 0. The van der Waals surface area contributed by atoms with Crippen LogP contribution in [-0.2, 0) is 5.41 Å². The van der Waals surface area contributed by atoms with Gasteiger partial charge in [0.25, 0.3) is 0 Å². The van der Waals surface area contributed by atoms with Crippen molar-refractivity contribution in [1.29, 1.82) is 0 Å². The van der Waals surface area contributed by atoms with E-state index >= 15 is 0 Å². The first-order valence-electron chi connectivity index (χ1n) is 9.33. The number of nitrogens with zero attached hydrogens (tertiary/aromatic N) is 1. The number of hydrogen-bond donors (Lipinski definition) is 0. The third-order valence-electron chi connectivity index (χ3n) is 5.66. The van der Waals surface area contributed by atoms with Gasteiger partial charge < -0.3 is 9.64 Å². The highest BCUT2D eigenvalue weighted by Gasteiger charge is 2.39. The first-order chi connectivity index (χ1) is 12.1. The number of ether oxygens (including phenoxy) is 1. The lowest BCUT2D eigenvalue weighted by Gasteiger charge is -2.43. The molecule has 2 nitrogen and oxygen atoms in total. The topological polar surface area (TPSA) is 12.5 Å². The molecule has 1 fully saturated rings. The Kier molecular flexibility index (Phi) is 5.48. The lowest BCUT2D eigenvalue weighted by Crippen LogP contribution is -2.43. The van der Waals surface area contributed by atoms with Gasteiger partial charge in [0.2, 0.25) is 0 Å². The van der Waals surface area contributed by atoms with Crippen LogP contribution in [0.4, 0.5) is 0 Å². The van der Waals surface area contributed by atoms with E-state index in [1.54, 1.807) is 7.11 Å². The van der Waals surface area contributed by atoms with E-state index in [1.807, 2.05) is 0 Å². The molecule has 2 aromatic rings. The van der Waals surface area contributed by atoms with Crippen LogP contribution in [-0.4, -0.2) is 31.6 Å². The van der Waals surface area contributed by atoms with E-state index in [2.05, 4.69) is 68.1 Å². The Hall–Kier alpha value is -1.80. The second kappa shape index (κ2) is 7.61. The average Bonchev–Trinajstić information content (AvgIpc) is 2.63. The molecule has 0 bridgehead atoms. The van der Waals surface area contributed by atoms with Crippen molar-refractivity contribution in [1.82, 2.24) is 4.90 Å². The third-order valence-corrected chi connectivity index (χ3v) is 5.66. The average molecular weight is 336 g/mol. The Labute approximate surface area is 152 Å². The van der Waals surface area contributed by atoms with Crippen LogP contribution in [0.3, 0.4) is 0 Å². The van der Waals surface area contributed by atoms with Gasteiger partial charge in [-0.3, -0.25) is 0 Å². The lowest BCUT2D eigenvalue weighted by atomic mass is 9.67. The molecule has 25 heavy (non-hydrogen) atoms. The monoisotopic (exact) mass is 336 g/mol. The van der Waals surface area contributed by atoms with Crippen LogP contribution in [0.5, 0.6) is 5.75 Å². The predicted octanol–water partition coefficient (Wildman–Crippen LogP) is 4.92. The van der Waals surface area contributed by atoms with Gasteiger partial charge in [-0.25, -0.2) is 0 Å². The van der Waals surface area contributed by atoms with Crippen molar-refractivity contribution in [3.05, 3.63) is 71.6 Å². The molecule has 1 saturated heterocycles. The molecule has 1 radical (unpaired) electrons. The van der Waals surface area contributed by atoms with E-state index in [9.17, 15) is 0 Å². The molecule has 0 unspecified atom stereocenters. The van der Waals surface area contributed by atoms with Gasteiger partial charge in [0.15, 0.2) is 0 Å². The van der Waals surface area contributed by atoms with Gasteiger partial charge in [0.1, 0.15) is 5.75 Å². The number of piperidine rings is 1. The lowest BCUT2D eigenvalue weighted by molar-refractivity contribution is 0.179. The minimum atomic E-state index is 0.0305. The van der Waals surface area contributed by atoms with E-state index in [0.717, 1.165) is 44.6 Å². The zero-order valence-corrected chi connectivity index (χ0v) is 15.8. The van der Waals surface area contributed by atoms with Gasteiger partial charge in [-0.15, -0.1) is 0 Å². The van der Waals surface area contributed by atoms with Crippen molar-refractivity contribution < 1.29 is 4.74 Å².